The standard InChI is InChI=1S/C20H25ClN2/c1-5-20(4)14(21)10-12-16(17(20)22)15-11-8-6-7-9-13(11)23-18(15)19(12,2)3/h5-9,12,14,16-17,23H,1,10,22H2,2-4H3/t12-,14+,16-,17-,20+/m1/s1. The first-order valence-electron chi connectivity index (χ1n) is 8.46. The highest BCUT2D eigenvalue weighted by atomic mass is 35.5. The van der Waals surface area contributed by atoms with Gasteiger partial charge in [0, 0.05) is 44.8 Å². The monoisotopic (exact) mass is 328 g/mol. The molecule has 0 unspecified atom stereocenters. The molecule has 1 aromatic carbocycles. The molecule has 0 bridgehead atoms. The number of aromatic amines is 1. The molecule has 2 aliphatic rings. The van der Waals surface area contributed by atoms with Gasteiger partial charge in [-0.25, -0.2) is 0 Å². The van der Waals surface area contributed by atoms with Crippen molar-refractivity contribution >= 4 is 22.5 Å². The summed E-state index contributed by atoms with van der Waals surface area (Å²) in [5.74, 6) is 0.799. The molecule has 0 aliphatic heterocycles. The fourth-order valence-electron chi connectivity index (χ4n) is 5.06. The summed E-state index contributed by atoms with van der Waals surface area (Å²) in [6, 6.07) is 8.56. The van der Waals surface area contributed by atoms with Crippen LogP contribution in [0.4, 0.5) is 0 Å². The molecule has 1 heterocycles. The van der Waals surface area contributed by atoms with E-state index in [4.69, 9.17) is 17.3 Å². The molecule has 4 rings (SSSR count). The fraction of sp³-hybridized carbons (Fsp3) is 0.500. The molecule has 2 nitrogen and oxygen atoms in total. The van der Waals surface area contributed by atoms with Crippen LogP contribution >= 0.6 is 11.6 Å². The Hall–Kier alpha value is -1.25. The largest absolute Gasteiger partial charge is 0.358 e. The summed E-state index contributed by atoms with van der Waals surface area (Å²) < 4.78 is 0. The molecule has 122 valence electrons. The SMILES string of the molecule is C=C[C@]1(C)[C@H](N)[C@H]2c3c([nH]c4ccccc34)C(C)(C)[C@@H]2C[C@@H]1Cl. The maximum atomic E-state index is 6.82. The third-order valence-electron chi connectivity index (χ3n) is 6.77. The lowest BCUT2D eigenvalue weighted by molar-refractivity contribution is 0.129. The van der Waals surface area contributed by atoms with E-state index in [9.17, 15) is 0 Å². The molecule has 1 saturated carbocycles. The summed E-state index contributed by atoms with van der Waals surface area (Å²) in [5.41, 5.74) is 10.6. The number of aromatic nitrogens is 1. The topological polar surface area (TPSA) is 41.8 Å². The average molecular weight is 329 g/mol. The lowest BCUT2D eigenvalue weighted by atomic mass is 9.59. The average Bonchev–Trinajstić information content (AvgIpc) is 3.00. The Morgan fingerprint density at radius 3 is 2.70 bits per heavy atom. The minimum absolute atomic E-state index is 0.0130. The first kappa shape index (κ1) is 15.3. The Labute approximate surface area is 143 Å². The third kappa shape index (κ3) is 1.74. The molecule has 1 aromatic heterocycles. The predicted molar refractivity (Wildman–Crippen MR) is 98.1 cm³/mol. The van der Waals surface area contributed by atoms with E-state index in [0.717, 1.165) is 6.42 Å². The molecule has 2 aliphatic carbocycles. The normalized spacial score (nSPS) is 38.3. The van der Waals surface area contributed by atoms with Crippen LogP contribution in [-0.2, 0) is 5.41 Å². The number of benzene rings is 1. The molecule has 3 N–H and O–H groups in total. The van der Waals surface area contributed by atoms with E-state index in [1.165, 1.54) is 22.2 Å². The zero-order valence-electron chi connectivity index (χ0n) is 14.1. The Kier molecular flexibility index (Phi) is 3.09. The molecule has 0 radical (unpaired) electrons. The van der Waals surface area contributed by atoms with E-state index in [-0.39, 0.29) is 22.2 Å². The summed E-state index contributed by atoms with van der Waals surface area (Å²) >= 11 is 6.78. The summed E-state index contributed by atoms with van der Waals surface area (Å²) in [7, 11) is 0. The highest BCUT2D eigenvalue weighted by Crippen LogP contribution is 2.61. The highest BCUT2D eigenvalue weighted by molar-refractivity contribution is 6.21. The van der Waals surface area contributed by atoms with E-state index in [0.29, 0.717) is 11.8 Å². The lowest BCUT2D eigenvalue weighted by Gasteiger charge is -2.50. The number of nitrogens with two attached hydrogens (primary N) is 1. The Morgan fingerprint density at radius 2 is 2.00 bits per heavy atom. The zero-order chi connectivity index (χ0) is 16.6. The number of halogens is 1. The van der Waals surface area contributed by atoms with Gasteiger partial charge in [0.15, 0.2) is 0 Å². The maximum Gasteiger partial charge on any atom is 0.0459 e. The van der Waals surface area contributed by atoms with Crippen molar-refractivity contribution in [2.45, 2.75) is 49.9 Å². The smallest absolute Gasteiger partial charge is 0.0459 e. The summed E-state index contributed by atoms with van der Waals surface area (Å²) in [4.78, 5) is 3.68. The zero-order valence-corrected chi connectivity index (χ0v) is 14.8. The molecule has 3 heteroatoms. The van der Waals surface area contributed by atoms with E-state index in [2.05, 4.69) is 56.6 Å². The van der Waals surface area contributed by atoms with Gasteiger partial charge >= 0.3 is 0 Å². The van der Waals surface area contributed by atoms with Crippen LogP contribution in [0.1, 0.15) is 44.4 Å². The van der Waals surface area contributed by atoms with Crippen molar-refractivity contribution in [3.63, 3.8) is 0 Å². The predicted octanol–water partition coefficient (Wildman–Crippen LogP) is 4.69. The third-order valence-corrected chi connectivity index (χ3v) is 7.41. The van der Waals surface area contributed by atoms with Crippen LogP contribution < -0.4 is 5.73 Å². The lowest BCUT2D eigenvalue weighted by Crippen LogP contribution is -2.55. The van der Waals surface area contributed by atoms with E-state index >= 15 is 0 Å². The van der Waals surface area contributed by atoms with Crippen molar-refractivity contribution in [1.29, 1.82) is 0 Å². The van der Waals surface area contributed by atoms with Crippen molar-refractivity contribution in [3.8, 4) is 0 Å². The van der Waals surface area contributed by atoms with E-state index < -0.39 is 0 Å². The minimum atomic E-state index is -0.237. The van der Waals surface area contributed by atoms with Gasteiger partial charge in [-0.2, -0.15) is 0 Å². The first-order valence-corrected chi connectivity index (χ1v) is 8.90. The minimum Gasteiger partial charge on any atom is -0.358 e. The van der Waals surface area contributed by atoms with Crippen molar-refractivity contribution in [1.82, 2.24) is 4.98 Å². The summed E-state index contributed by atoms with van der Waals surface area (Å²) in [6.07, 6.45) is 2.96. The number of hydrogen-bond acceptors (Lipinski definition) is 1. The number of nitrogens with one attached hydrogen (secondary N) is 1. The number of alkyl halides is 1. The molecule has 0 spiro atoms. The van der Waals surface area contributed by atoms with Gasteiger partial charge in [-0.05, 0) is 24.0 Å². The molecular weight excluding hydrogens is 304 g/mol. The Bertz CT molecular complexity index is 790. The Balaban J connectivity index is 1.97. The van der Waals surface area contributed by atoms with Gasteiger partial charge in [-0.1, -0.05) is 45.0 Å². The van der Waals surface area contributed by atoms with Gasteiger partial charge in [0.25, 0.3) is 0 Å². The van der Waals surface area contributed by atoms with Gasteiger partial charge in [0.1, 0.15) is 0 Å². The van der Waals surface area contributed by atoms with Crippen molar-refractivity contribution in [3.05, 3.63) is 48.2 Å². The Morgan fingerprint density at radius 1 is 1.30 bits per heavy atom. The first-order chi connectivity index (χ1) is 10.8. The van der Waals surface area contributed by atoms with Crippen LogP contribution in [0.5, 0.6) is 0 Å². The second-order valence-corrected chi connectivity index (χ2v) is 8.64. The van der Waals surface area contributed by atoms with Gasteiger partial charge in [-0.15, -0.1) is 18.2 Å². The van der Waals surface area contributed by atoms with Gasteiger partial charge in [0.05, 0.1) is 0 Å². The highest BCUT2D eigenvalue weighted by Gasteiger charge is 2.58. The molecule has 1 fully saturated rings. The number of H-pyrrole nitrogens is 1. The molecular formula is C20H25ClN2. The van der Waals surface area contributed by atoms with Crippen LogP contribution in [0.2, 0.25) is 0 Å². The van der Waals surface area contributed by atoms with Crippen molar-refractivity contribution in [2.75, 3.05) is 0 Å². The van der Waals surface area contributed by atoms with Gasteiger partial charge in [-0.3, -0.25) is 0 Å². The molecule has 5 atom stereocenters. The number of fused-ring (bicyclic) bond motifs is 5. The van der Waals surface area contributed by atoms with E-state index in [1.807, 2.05) is 6.08 Å². The fourth-order valence-corrected chi connectivity index (χ4v) is 5.49. The van der Waals surface area contributed by atoms with Gasteiger partial charge in [0.2, 0.25) is 0 Å². The summed E-state index contributed by atoms with van der Waals surface area (Å²) in [5, 5.41) is 1.35. The van der Waals surface area contributed by atoms with Crippen LogP contribution in [0.3, 0.4) is 0 Å². The number of hydrogen-bond donors (Lipinski definition) is 2. The van der Waals surface area contributed by atoms with Gasteiger partial charge < -0.3 is 10.7 Å². The van der Waals surface area contributed by atoms with Crippen LogP contribution in [0.25, 0.3) is 10.9 Å². The van der Waals surface area contributed by atoms with Crippen molar-refractivity contribution in [2.24, 2.45) is 17.1 Å². The number of rotatable bonds is 1. The second-order valence-electron chi connectivity index (χ2n) is 8.11. The van der Waals surface area contributed by atoms with Crippen LogP contribution in [0.15, 0.2) is 36.9 Å². The molecule has 23 heavy (non-hydrogen) atoms. The van der Waals surface area contributed by atoms with Crippen LogP contribution in [-0.4, -0.2) is 16.4 Å². The second kappa shape index (κ2) is 4.64. The van der Waals surface area contributed by atoms with E-state index in [1.54, 1.807) is 0 Å². The molecule has 0 saturated heterocycles. The molecule has 2 aromatic rings. The molecule has 0 amide bonds. The summed E-state index contributed by atoms with van der Waals surface area (Å²) in [6.45, 7) is 10.9. The maximum absolute atomic E-state index is 6.82. The van der Waals surface area contributed by atoms with Crippen LogP contribution in [0, 0.1) is 11.3 Å². The quantitative estimate of drug-likeness (QED) is 0.578. The van der Waals surface area contributed by atoms with Crippen molar-refractivity contribution < 1.29 is 0 Å². The number of para-hydroxylation sites is 1.